The summed E-state index contributed by atoms with van der Waals surface area (Å²) in [6.45, 7) is 5.39. The number of allylic oxidation sites excluding steroid dienone is 3. The lowest BCUT2D eigenvalue weighted by atomic mass is 10.0. The van der Waals surface area contributed by atoms with Crippen molar-refractivity contribution in [2.24, 2.45) is 0 Å². The number of ether oxygens (including phenoxy) is 2. The molecule has 2 aliphatic heterocycles. The number of carbonyl (C=O) groups excluding carboxylic acids is 2. The summed E-state index contributed by atoms with van der Waals surface area (Å²) in [5.74, 6) is -1.12. The number of aryl methyl sites for hydroxylation is 2. The van der Waals surface area contributed by atoms with Gasteiger partial charge in [-0.15, -0.1) is 0 Å². The molecule has 232 valence electrons. The minimum absolute atomic E-state index is 0.159. The van der Waals surface area contributed by atoms with Gasteiger partial charge in [0.2, 0.25) is 0 Å². The number of nitrogens with one attached hydrogen (secondary N) is 1. The molecule has 0 unspecified atom stereocenters. The fourth-order valence-electron chi connectivity index (χ4n) is 5.74. The number of halogens is 1. The van der Waals surface area contributed by atoms with Gasteiger partial charge in [-0.05, 0) is 93.6 Å². The van der Waals surface area contributed by atoms with Crippen molar-refractivity contribution in [3.05, 3.63) is 94.6 Å². The minimum Gasteiger partial charge on any atom is -0.496 e. The average Bonchev–Trinajstić information content (AvgIpc) is 3.43. The van der Waals surface area contributed by atoms with Crippen LogP contribution < -0.4 is 10.1 Å². The van der Waals surface area contributed by atoms with E-state index in [1.54, 1.807) is 17.9 Å². The number of hydrogen-bond acceptors (Lipinski definition) is 6. The number of piperidine rings is 1. The molecule has 3 aromatic rings. The van der Waals surface area contributed by atoms with Crippen molar-refractivity contribution in [2.45, 2.75) is 58.3 Å². The molecule has 2 aromatic carbocycles. The number of hydrogen-bond donors (Lipinski definition) is 1. The number of methoxy groups -OCH3 is 1. The Kier molecular flexibility index (Phi) is 10.6. The fourth-order valence-corrected chi connectivity index (χ4v) is 5.74. The van der Waals surface area contributed by atoms with Crippen molar-refractivity contribution in [3.8, 4) is 5.75 Å². The van der Waals surface area contributed by atoms with E-state index >= 15 is 0 Å². The van der Waals surface area contributed by atoms with Crippen molar-refractivity contribution in [1.29, 1.82) is 0 Å². The summed E-state index contributed by atoms with van der Waals surface area (Å²) in [6.07, 6.45) is 13.9. The van der Waals surface area contributed by atoms with E-state index in [0.717, 1.165) is 73.2 Å². The molecule has 0 atom stereocenters. The van der Waals surface area contributed by atoms with Crippen molar-refractivity contribution >= 4 is 23.3 Å². The van der Waals surface area contributed by atoms with Gasteiger partial charge in [0.25, 0.3) is 5.91 Å². The van der Waals surface area contributed by atoms with Gasteiger partial charge in [-0.2, -0.15) is 5.10 Å². The molecule has 2 aliphatic rings. The molecule has 0 radical (unpaired) electrons. The first-order valence-corrected chi connectivity index (χ1v) is 15.6. The standard InChI is InChI=1S/C35H41FN4O4/c1-3-11-25-14-15-26(22-33(25)43-2)32-13-7-4-6-12-28-24-31(38-40(28)32)34(41)37-27-16-17-29(30(36)23-27)35(42)44-21-10-20-39-18-8-5-9-19-39/h4,7,13-17,22-24H,3,5-6,8-12,18-21H2,1-2H3,(H,37,41)/b7-4-,32-13-. The Balaban J connectivity index is 1.25. The van der Waals surface area contributed by atoms with E-state index in [0.29, 0.717) is 12.8 Å². The third kappa shape index (κ3) is 7.63. The van der Waals surface area contributed by atoms with Gasteiger partial charge in [-0.1, -0.05) is 44.1 Å². The number of anilines is 1. The van der Waals surface area contributed by atoms with E-state index in [2.05, 4.69) is 34.4 Å². The van der Waals surface area contributed by atoms with Crippen LogP contribution in [-0.4, -0.2) is 59.9 Å². The van der Waals surface area contributed by atoms with E-state index < -0.39 is 17.7 Å². The topological polar surface area (TPSA) is 85.7 Å². The summed E-state index contributed by atoms with van der Waals surface area (Å²) in [6, 6.07) is 11.8. The number of likely N-dealkylation sites (tertiary alicyclic amines) is 1. The first kappa shape index (κ1) is 31.2. The molecule has 1 N–H and O–H groups in total. The van der Waals surface area contributed by atoms with Crippen LogP contribution >= 0.6 is 0 Å². The molecule has 9 heteroatoms. The molecular formula is C35H41FN4O4. The second-order valence-corrected chi connectivity index (χ2v) is 11.3. The highest BCUT2D eigenvalue weighted by Crippen LogP contribution is 2.29. The van der Waals surface area contributed by atoms with Crippen LogP contribution in [0.25, 0.3) is 5.70 Å². The summed E-state index contributed by atoms with van der Waals surface area (Å²) in [5.41, 5.74) is 4.03. The summed E-state index contributed by atoms with van der Waals surface area (Å²) in [5, 5.41) is 7.38. The molecule has 0 saturated carbocycles. The van der Waals surface area contributed by atoms with Crippen LogP contribution in [0, 0.1) is 5.82 Å². The van der Waals surface area contributed by atoms with Crippen LogP contribution in [0.1, 0.15) is 83.1 Å². The number of esters is 1. The molecule has 0 aliphatic carbocycles. The minimum atomic E-state index is -0.752. The summed E-state index contributed by atoms with van der Waals surface area (Å²) < 4.78 is 27.7. The van der Waals surface area contributed by atoms with Gasteiger partial charge < -0.3 is 19.7 Å². The molecule has 3 heterocycles. The molecular weight excluding hydrogens is 559 g/mol. The Morgan fingerprint density at radius 3 is 2.68 bits per heavy atom. The maximum atomic E-state index is 14.9. The van der Waals surface area contributed by atoms with Crippen molar-refractivity contribution in [2.75, 3.05) is 38.7 Å². The van der Waals surface area contributed by atoms with Crippen molar-refractivity contribution in [1.82, 2.24) is 14.7 Å². The molecule has 5 rings (SSSR count). The monoisotopic (exact) mass is 600 g/mol. The van der Waals surface area contributed by atoms with E-state index in [1.165, 1.54) is 31.4 Å². The molecule has 1 saturated heterocycles. The Morgan fingerprint density at radius 1 is 1.07 bits per heavy atom. The van der Waals surface area contributed by atoms with Gasteiger partial charge in [0.1, 0.15) is 11.6 Å². The summed E-state index contributed by atoms with van der Waals surface area (Å²) in [7, 11) is 1.67. The summed E-state index contributed by atoms with van der Waals surface area (Å²) in [4.78, 5) is 28.1. The van der Waals surface area contributed by atoms with Gasteiger partial charge in [0, 0.05) is 23.5 Å². The molecule has 1 fully saturated rings. The van der Waals surface area contributed by atoms with Gasteiger partial charge in [0.15, 0.2) is 5.69 Å². The maximum Gasteiger partial charge on any atom is 0.341 e. The Bertz CT molecular complexity index is 1540. The number of fused-ring (bicyclic) bond motifs is 1. The largest absolute Gasteiger partial charge is 0.496 e. The third-order valence-corrected chi connectivity index (χ3v) is 8.05. The van der Waals surface area contributed by atoms with Gasteiger partial charge in [-0.3, -0.25) is 4.79 Å². The maximum absolute atomic E-state index is 14.9. The van der Waals surface area contributed by atoms with E-state index in [1.807, 2.05) is 24.3 Å². The Hall–Kier alpha value is -4.24. The zero-order valence-electron chi connectivity index (χ0n) is 25.6. The normalized spacial score (nSPS) is 17.0. The van der Waals surface area contributed by atoms with Crippen LogP contribution in [0.2, 0.25) is 0 Å². The van der Waals surface area contributed by atoms with E-state index in [4.69, 9.17) is 9.47 Å². The first-order chi connectivity index (χ1) is 21.5. The lowest BCUT2D eigenvalue weighted by molar-refractivity contribution is 0.0480. The molecule has 44 heavy (non-hydrogen) atoms. The molecule has 1 amide bonds. The first-order valence-electron chi connectivity index (χ1n) is 15.6. The number of aromatic nitrogens is 2. The number of rotatable bonds is 11. The Morgan fingerprint density at radius 2 is 1.91 bits per heavy atom. The highest BCUT2D eigenvalue weighted by molar-refractivity contribution is 6.03. The summed E-state index contributed by atoms with van der Waals surface area (Å²) >= 11 is 0. The number of carbonyl (C=O) groups is 2. The quantitative estimate of drug-likeness (QED) is 0.196. The van der Waals surface area contributed by atoms with Gasteiger partial charge >= 0.3 is 5.97 Å². The molecule has 8 nitrogen and oxygen atoms in total. The predicted molar refractivity (Wildman–Crippen MR) is 170 cm³/mol. The second kappa shape index (κ2) is 15.0. The highest BCUT2D eigenvalue weighted by Gasteiger charge is 2.20. The lowest BCUT2D eigenvalue weighted by Gasteiger charge is -2.26. The zero-order valence-corrected chi connectivity index (χ0v) is 25.6. The molecule has 1 aromatic heterocycles. The van der Waals surface area contributed by atoms with Crippen LogP contribution in [0.3, 0.4) is 0 Å². The Labute approximate surface area is 258 Å². The highest BCUT2D eigenvalue weighted by atomic mass is 19.1. The van der Waals surface area contributed by atoms with Gasteiger partial charge in [-0.25, -0.2) is 13.9 Å². The van der Waals surface area contributed by atoms with Crippen LogP contribution in [0.15, 0.2) is 60.7 Å². The average molecular weight is 601 g/mol. The smallest absolute Gasteiger partial charge is 0.341 e. The van der Waals surface area contributed by atoms with Crippen LogP contribution in [0.4, 0.5) is 10.1 Å². The van der Waals surface area contributed by atoms with Crippen molar-refractivity contribution in [3.63, 3.8) is 0 Å². The van der Waals surface area contributed by atoms with E-state index in [-0.39, 0.29) is 23.6 Å². The third-order valence-electron chi connectivity index (χ3n) is 8.05. The molecule has 0 spiro atoms. The van der Waals surface area contributed by atoms with E-state index in [9.17, 15) is 14.0 Å². The zero-order chi connectivity index (χ0) is 30.9. The lowest BCUT2D eigenvalue weighted by Crippen LogP contribution is -2.31. The number of benzene rings is 2. The second-order valence-electron chi connectivity index (χ2n) is 11.3. The number of nitrogens with zero attached hydrogens (tertiary/aromatic N) is 3. The van der Waals surface area contributed by atoms with Gasteiger partial charge in [0.05, 0.1) is 25.0 Å². The molecule has 0 bridgehead atoms. The fraction of sp³-hybridized carbons (Fsp3) is 0.400. The predicted octanol–water partition coefficient (Wildman–Crippen LogP) is 6.66. The SMILES string of the molecule is CCCc1ccc(/C2=C/C=C\CCc3cc(C(=O)Nc4ccc(C(=O)OCCCN5CCCCC5)c(F)c4)nn32)cc1OC. The van der Waals surface area contributed by atoms with Crippen LogP contribution in [0.5, 0.6) is 5.75 Å². The van der Waals surface area contributed by atoms with Crippen molar-refractivity contribution < 1.29 is 23.5 Å². The number of amides is 1. The van der Waals surface area contributed by atoms with Crippen LogP contribution in [-0.2, 0) is 17.6 Å².